The number of allylic oxidation sites excluding steroid dienone is 5. The van der Waals surface area contributed by atoms with Crippen LogP contribution in [0.25, 0.3) is 0 Å². The molecule has 50 valence electrons. The van der Waals surface area contributed by atoms with Crippen molar-refractivity contribution in [3.8, 4) is 0 Å². The van der Waals surface area contributed by atoms with Gasteiger partial charge in [-0.2, -0.15) is 0 Å². The van der Waals surface area contributed by atoms with E-state index in [1.807, 2.05) is 26.0 Å². The van der Waals surface area contributed by atoms with Crippen LogP contribution >= 0.6 is 15.9 Å². The lowest BCUT2D eigenvalue weighted by Crippen LogP contribution is -1.65. The Labute approximate surface area is 65.1 Å². The van der Waals surface area contributed by atoms with Gasteiger partial charge in [-0.05, 0) is 24.4 Å². The molecule has 0 heterocycles. The summed E-state index contributed by atoms with van der Waals surface area (Å²) in [5.41, 5.74) is 1.21. The molecule has 0 unspecified atom stereocenters. The fraction of sp³-hybridized carbons (Fsp3) is 0.250. The molecule has 0 bridgehead atoms. The van der Waals surface area contributed by atoms with Crippen LogP contribution in [0.3, 0.4) is 0 Å². The first-order valence-corrected chi connectivity index (χ1v) is 3.59. The van der Waals surface area contributed by atoms with Gasteiger partial charge in [0, 0.05) is 0 Å². The molecule has 0 aliphatic heterocycles. The number of hydrogen-bond donors (Lipinski definition) is 0. The van der Waals surface area contributed by atoms with Gasteiger partial charge in [-0.15, -0.1) is 0 Å². The van der Waals surface area contributed by atoms with Gasteiger partial charge in [0.1, 0.15) is 0 Å². The average Bonchev–Trinajstić information content (AvgIpc) is 1.63. The van der Waals surface area contributed by atoms with Crippen molar-refractivity contribution in [3.63, 3.8) is 0 Å². The van der Waals surface area contributed by atoms with Gasteiger partial charge in [0.25, 0.3) is 0 Å². The minimum Gasteiger partial charge on any atom is -0.0991 e. The van der Waals surface area contributed by atoms with Crippen molar-refractivity contribution in [2.45, 2.75) is 13.8 Å². The van der Waals surface area contributed by atoms with Gasteiger partial charge < -0.3 is 0 Å². The van der Waals surface area contributed by atoms with Crippen molar-refractivity contribution in [1.29, 1.82) is 0 Å². The molecule has 1 heteroatoms. The molecule has 0 aromatic heterocycles. The molecule has 0 fully saturated rings. The van der Waals surface area contributed by atoms with Gasteiger partial charge in [0.05, 0.1) is 0 Å². The Morgan fingerprint density at radius 1 is 1.44 bits per heavy atom. The predicted molar refractivity (Wildman–Crippen MR) is 46.6 cm³/mol. The lowest BCUT2D eigenvalue weighted by molar-refractivity contribution is 1.49. The molecule has 0 aliphatic carbocycles. The van der Waals surface area contributed by atoms with Crippen molar-refractivity contribution in [2.24, 2.45) is 0 Å². The molecule has 0 rings (SSSR count). The quantitative estimate of drug-likeness (QED) is 0.581. The van der Waals surface area contributed by atoms with Crippen LogP contribution in [0.1, 0.15) is 13.8 Å². The monoisotopic (exact) mass is 186 g/mol. The molecule has 0 aliphatic rings. The van der Waals surface area contributed by atoms with E-state index in [-0.39, 0.29) is 0 Å². The molecule has 0 saturated carbocycles. The SMILES string of the molecule is C=C/C=C(C)\C=C(/C)Br. The van der Waals surface area contributed by atoms with Crippen molar-refractivity contribution in [3.05, 3.63) is 34.9 Å². The fourth-order valence-corrected chi connectivity index (χ4v) is 0.909. The molecule has 0 atom stereocenters. The zero-order valence-electron chi connectivity index (χ0n) is 5.82. The first-order valence-electron chi connectivity index (χ1n) is 2.80. The largest absolute Gasteiger partial charge is 0.0991 e. The second kappa shape index (κ2) is 4.57. The van der Waals surface area contributed by atoms with Crippen LogP contribution in [0.2, 0.25) is 0 Å². The minimum atomic E-state index is 1.14. The van der Waals surface area contributed by atoms with Crippen LogP contribution in [0.5, 0.6) is 0 Å². The molecule has 0 nitrogen and oxygen atoms in total. The summed E-state index contributed by atoms with van der Waals surface area (Å²) in [6.45, 7) is 7.62. The molecule has 0 amide bonds. The lowest BCUT2D eigenvalue weighted by Gasteiger charge is -1.87. The zero-order chi connectivity index (χ0) is 7.28. The highest BCUT2D eigenvalue weighted by atomic mass is 79.9. The van der Waals surface area contributed by atoms with Gasteiger partial charge in [0.15, 0.2) is 0 Å². The maximum atomic E-state index is 3.59. The Morgan fingerprint density at radius 2 is 2.00 bits per heavy atom. The van der Waals surface area contributed by atoms with E-state index in [9.17, 15) is 0 Å². The van der Waals surface area contributed by atoms with Crippen molar-refractivity contribution in [1.82, 2.24) is 0 Å². The van der Waals surface area contributed by atoms with E-state index in [0.717, 1.165) is 4.48 Å². The molecule has 0 aromatic carbocycles. The van der Waals surface area contributed by atoms with Crippen LogP contribution in [0.15, 0.2) is 34.9 Å². The summed E-state index contributed by atoms with van der Waals surface area (Å²) in [6.07, 6.45) is 5.79. The second-order valence-electron chi connectivity index (χ2n) is 1.88. The summed E-state index contributed by atoms with van der Waals surface area (Å²) in [5, 5.41) is 0. The smallest absolute Gasteiger partial charge is 0.00778 e. The standard InChI is InChI=1S/C8H11Br/c1-4-5-7(2)6-8(3)9/h4-6H,1H2,2-3H3/b7-5-,8-6+. The third-order valence-corrected chi connectivity index (χ3v) is 1.04. The maximum Gasteiger partial charge on any atom is -0.00778 e. The first kappa shape index (κ1) is 8.70. The summed E-state index contributed by atoms with van der Waals surface area (Å²) >= 11 is 3.33. The highest BCUT2D eigenvalue weighted by molar-refractivity contribution is 9.11. The van der Waals surface area contributed by atoms with E-state index < -0.39 is 0 Å². The third kappa shape index (κ3) is 5.57. The normalized spacial score (nSPS) is 13.7. The summed E-state index contributed by atoms with van der Waals surface area (Å²) in [5.74, 6) is 0. The van der Waals surface area contributed by atoms with E-state index >= 15 is 0 Å². The fourth-order valence-electron chi connectivity index (χ4n) is 0.548. The Kier molecular flexibility index (Phi) is 4.41. The third-order valence-electron chi connectivity index (χ3n) is 0.807. The van der Waals surface area contributed by atoms with Gasteiger partial charge in [-0.1, -0.05) is 40.2 Å². The highest BCUT2D eigenvalue weighted by Gasteiger charge is 1.79. The molecule has 9 heavy (non-hydrogen) atoms. The first-order chi connectivity index (χ1) is 4.16. The molecule has 0 N–H and O–H groups in total. The van der Waals surface area contributed by atoms with Crippen LogP contribution in [0.4, 0.5) is 0 Å². The number of rotatable bonds is 2. The van der Waals surface area contributed by atoms with Crippen molar-refractivity contribution >= 4 is 15.9 Å². The molecule has 0 spiro atoms. The van der Waals surface area contributed by atoms with Gasteiger partial charge in [-0.3, -0.25) is 0 Å². The van der Waals surface area contributed by atoms with Crippen LogP contribution in [-0.2, 0) is 0 Å². The van der Waals surface area contributed by atoms with Crippen LogP contribution in [-0.4, -0.2) is 0 Å². The van der Waals surface area contributed by atoms with Gasteiger partial charge >= 0.3 is 0 Å². The van der Waals surface area contributed by atoms with Crippen LogP contribution in [0, 0.1) is 0 Å². The lowest BCUT2D eigenvalue weighted by atomic mass is 10.2. The number of hydrogen-bond acceptors (Lipinski definition) is 0. The second-order valence-corrected chi connectivity index (χ2v) is 3.13. The molecule has 0 radical (unpaired) electrons. The van der Waals surface area contributed by atoms with Crippen LogP contribution < -0.4 is 0 Å². The zero-order valence-corrected chi connectivity index (χ0v) is 7.40. The molecule has 0 saturated heterocycles. The van der Waals surface area contributed by atoms with E-state index in [2.05, 4.69) is 22.5 Å². The Hall–Kier alpha value is -0.300. The van der Waals surface area contributed by atoms with E-state index in [1.54, 1.807) is 6.08 Å². The topological polar surface area (TPSA) is 0 Å². The predicted octanol–water partition coefficient (Wildman–Crippen LogP) is 3.42. The average molecular weight is 187 g/mol. The maximum absolute atomic E-state index is 3.59. The van der Waals surface area contributed by atoms with Gasteiger partial charge in [0.2, 0.25) is 0 Å². The highest BCUT2D eigenvalue weighted by Crippen LogP contribution is 2.06. The Morgan fingerprint density at radius 3 is 2.33 bits per heavy atom. The summed E-state index contributed by atoms with van der Waals surface area (Å²) in [7, 11) is 0. The Balaban J connectivity index is 4.05. The molecular formula is C8H11Br. The van der Waals surface area contributed by atoms with E-state index in [1.165, 1.54) is 5.57 Å². The summed E-state index contributed by atoms with van der Waals surface area (Å²) < 4.78 is 1.14. The molecular weight excluding hydrogens is 176 g/mol. The number of halogens is 1. The summed E-state index contributed by atoms with van der Waals surface area (Å²) in [4.78, 5) is 0. The van der Waals surface area contributed by atoms with Crippen molar-refractivity contribution in [2.75, 3.05) is 0 Å². The van der Waals surface area contributed by atoms with Crippen molar-refractivity contribution < 1.29 is 0 Å². The molecule has 0 aromatic rings. The minimum absolute atomic E-state index is 1.14. The summed E-state index contributed by atoms with van der Waals surface area (Å²) in [6, 6.07) is 0. The Bertz CT molecular complexity index is 148. The van der Waals surface area contributed by atoms with E-state index in [4.69, 9.17) is 0 Å². The van der Waals surface area contributed by atoms with E-state index in [0.29, 0.717) is 0 Å². The van der Waals surface area contributed by atoms with Gasteiger partial charge in [-0.25, -0.2) is 0 Å².